The van der Waals surface area contributed by atoms with Crippen LogP contribution >= 0.6 is 0 Å². The minimum Gasteiger partial charge on any atom is -0.345 e. The van der Waals surface area contributed by atoms with Gasteiger partial charge in [0.25, 0.3) is 10.0 Å². The SMILES string of the molecule is O=C(c1c(F)ccc(NS(=O)(=O)c2cccc(F)c2)c1F)c1c[nH]c2ncc(-c3cn[nH]c3-c3cnccn3)cc12. The number of rotatable bonds is 7. The zero-order valence-electron chi connectivity index (χ0n) is 20.6. The first-order valence-electron chi connectivity index (χ1n) is 11.8. The second kappa shape index (κ2) is 9.98. The lowest BCUT2D eigenvalue weighted by atomic mass is 9.99. The number of H-pyrrole nitrogens is 2. The van der Waals surface area contributed by atoms with Gasteiger partial charge in [0.2, 0.25) is 5.78 Å². The number of nitrogens with zero attached hydrogens (tertiary/aromatic N) is 4. The number of nitrogens with one attached hydrogen (secondary N) is 3. The van der Waals surface area contributed by atoms with Crippen molar-refractivity contribution in [2.24, 2.45) is 0 Å². The molecule has 0 aliphatic rings. The number of fused-ring (bicyclic) bond motifs is 1. The maximum Gasteiger partial charge on any atom is 0.262 e. The van der Waals surface area contributed by atoms with Crippen molar-refractivity contribution in [2.45, 2.75) is 4.90 Å². The highest BCUT2D eigenvalue weighted by Crippen LogP contribution is 2.33. The summed E-state index contributed by atoms with van der Waals surface area (Å²) in [5, 5.41) is 7.17. The average molecular weight is 576 g/mol. The number of halogens is 3. The standard InChI is InChI=1S/C27H16F3N7O3S/c28-15-2-1-3-16(9-15)41(39,40)37-21-5-4-20(29)23(24(21)30)26(38)19-11-34-27-17(19)8-14(10-33-27)18-12-35-36-25(18)22-13-31-6-7-32-22/h1-13,37H,(H,33,34)(H,35,36). The summed E-state index contributed by atoms with van der Waals surface area (Å²) in [6.07, 6.45) is 8.89. The molecule has 6 rings (SSSR count). The number of pyridine rings is 1. The third kappa shape index (κ3) is 4.69. The monoisotopic (exact) mass is 575 g/mol. The van der Waals surface area contributed by atoms with Crippen LogP contribution in [-0.4, -0.2) is 44.3 Å². The Morgan fingerprint density at radius 1 is 0.951 bits per heavy atom. The lowest BCUT2D eigenvalue weighted by Crippen LogP contribution is -2.16. The van der Waals surface area contributed by atoms with Crippen molar-refractivity contribution in [1.29, 1.82) is 0 Å². The van der Waals surface area contributed by atoms with Crippen LogP contribution in [0.2, 0.25) is 0 Å². The van der Waals surface area contributed by atoms with Crippen LogP contribution in [0.4, 0.5) is 18.9 Å². The maximum absolute atomic E-state index is 15.5. The Kier molecular flexibility index (Phi) is 6.30. The highest BCUT2D eigenvalue weighted by Gasteiger charge is 2.27. The Bertz CT molecular complexity index is 2060. The number of carbonyl (C=O) groups excluding carboxylic acids is 1. The summed E-state index contributed by atoms with van der Waals surface area (Å²) in [7, 11) is -4.46. The van der Waals surface area contributed by atoms with Crippen LogP contribution in [0.1, 0.15) is 15.9 Å². The molecule has 0 spiro atoms. The van der Waals surface area contributed by atoms with Crippen LogP contribution < -0.4 is 4.72 Å². The second-order valence-electron chi connectivity index (χ2n) is 8.75. The molecule has 0 saturated heterocycles. The van der Waals surface area contributed by atoms with Gasteiger partial charge in [0.1, 0.15) is 23.0 Å². The molecule has 0 aliphatic carbocycles. The van der Waals surface area contributed by atoms with Gasteiger partial charge in [-0.25, -0.2) is 26.6 Å². The molecule has 0 radical (unpaired) electrons. The molecule has 0 atom stereocenters. The third-order valence-corrected chi connectivity index (χ3v) is 7.58. The van der Waals surface area contributed by atoms with E-state index in [0.717, 1.165) is 30.3 Å². The van der Waals surface area contributed by atoms with Crippen molar-refractivity contribution in [3.05, 3.63) is 108 Å². The molecule has 4 heterocycles. The molecule has 2 aromatic carbocycles. The molecule has 0 fully saturated rings. The van der Waals surface area contributed by atoms with E-state index in [2.05, 4.69) is 30.1 Å². The molecule has 0 amide bonds. The summed E-state index contributed by atoms with van der Waals surface area (Å²) in [4.78, 5) is 28.4. The predicted molar refractivity (Wildman–Crippen MR) is 142 cm³/mol. The molecular weight excluding hydrogens is 559 g/mol. The number of aromatic nitrogens is 6. The topological polar surface area (TPSA) is 146 Å². The van der Waals surface area contributed by atoms with E-state index < -0.39 is 49.4 Å². The minimum atomic E-state index is -4.46. The summed E-state index contributed by atoms with van der Waals surface area (Å²) in [6, 6.07) is 7.24. The van der Waals surface area contributed by atoms with Gasteiger partial charge in [0.15, 0.2) is 5.82 Å². The van der Waals surface area contributed by atoms with Crippen LogP contribution in [-0.2, 0) is 10.0 Å². The van der Waals surface area contributed by atoms with E-state index in [0.29, 0.717) is 22.5 Å². The van der Waals surface area contributed by atoms with Crippen molar-refractivity contribution in [2.75, 3.05) is 4.72 Å². The van der Waals surface area contributed by atoms with Crippen molar-refractivity contribution in [3.63, 3.8) is 0 Å². The van der Waals surface area contributed by atoms with Gasteiger partial charge in [-0.15, -0.1) is 0 Å². The van der Waals surface area contributed by atoms with Crippen molar-refractivity contribution >= 4 is 32.5 Å². The smallest absolute Gasteiger partial charge is 0.262 e. The highest BCUT2D eigenvalue weighted by atomic mass is 32.2. The number of ketones is 1. The Balaban J connectivity index is 1.39. The largest absolute Gasteiger partial charge is 0.345 e. The number of benzene rings is 2. The summed E-state index contributed by atoms with van der Waals surface area (Å²) in [5.41, 5.74) is 0.644. The van der Waals surface area contributed by atoms with Gasteiger partial charge < -0.3 is 4.98 Å². The molecule has 0 unspecified atom stereocenters. The zero-order valence-corrected chi connectivity index (χ0v) is 21.4. The molecule has 41 heavy (non-hydrogen) atoms. The van der Waals surface area contributed by atoms with E-state index in [-0.39, 0.29) is 16.6 Å². The van der Waals surface area contributed by atoms with Gasteiger partial charge in [-0.1, -0.05) is 6.07 Å². The van der Waals surface area contributed by atoms with E-state index in [1.807, 2.05) is 4.72 Å². The number of carbonyl (C=O) groups is 1. The molecule has 6 aromatic rings. The Hall–Kier alpha value is -5.37. The second-order valence-corrected chi connectivity index (χ2v) is 10.4. The van der Waals surface area contributed by atoms with E-state index in [1.54, 1.807) is 6.07 Å². The molecule has 0 aliphatic heterocycles. The fraction of sp³-hybridized carbons (Fsp3) is 0. The number of aromatic amines is 2. The summed E-state index contributed by atoms with van der Waals surface area (Å²) in [6.45, 7) is 0. The number of hydrogen-bond donors (Lipinski definition) is 3. The summed E-state index contributed by atoms with van der Waals surface area (Å²) < 4.78 is 71.3. The van der Waals surface area contributed by atoms with Gasteiger partial charge in [-0.05, 0) is 36.4 Å². The van der Waals surface area contributed by atoms with Crippen LogP contribution in [0.15, 0.2) is 84.5 Å². The van der Waals surface area contributed by atoms with Crippen LogP contribution in [0, 0.1) is 17.5 Å². The molecule has 4 aromatic heterocycles. The number of sulfonamides is 1. The molecular formula is C27H16F3N7O3S. The Morgan fingerprint density at radius 2 is 1.80 bits per heavy atom. The molecule has 0 saturated carbocycles. The van der Waals surface area contributed by atoms with Gasteiger partial charge in [0, 0.05) is 46.9 Å². The van der Waals surface area contributed by atoms with Gasteiger partial charge in [-0.3, -0.25) is 24.6 Å². The normalized spacial score (nSPS) is 11.6. The van der Waals surface area contributed by atoms with Gasteiger partial charge in [0.05, 0.1) is 34.2 Å². The summed E-state index contributed by atoms with van der Waals surface area (Å²) in [5.74, 6) is -4.53. The molecule has 204 valence electrons. The minimum absolute atomic E-state index is 0.109. The predicted octanol–water partition coefficient (Wildman–Crippen LogP) is 4.86. The van der Waals surface area contributed by atoms with Gasteiger partial charge in [-0.2, -0.15) is 5.10 Å². The zero-order chi connectivity index (χ0) is 28.7. The van der Waals surface area contributed by atoms with Crippen molar-refractivity contribution < 1.29 is 26.4 Å². The lowest BCUT2D eigenvalue weighted by molar-refractivity contribution is 0.103. The fourth-order valence-corrected chi connectivity index (χ4v) is 5.37. The first-order chi connectivity index (χ1) is 19.7. The van der Waals surface area contributed by atoms with E-state index in [9.17, 15) is 22.0 Å². The van der Waals surface area contributed by atoms with Crippen LogP contribution in [0.3, 0.4) is 0 Å². The number of hydrogen-bond acceptors (Lipinski definition) is 7. The molecule has 3 N–H and O–H groups in total. The Labute approximate surface area is 229 Å². The maximum atomic E-state index is 15.5. The van der Waals surface area contributed by atoms with E-state index in [4.69, 9.17) is 0 Å². The molecule has 14 heteroatoms. The Morgan fingerprint density at radius 3 is 2.59 bits per heavy atom. The third-order valence-electron chi connectivity index (χ3n) is 6.21. The molecule has 10 nitrogen and oxygen atoms in total. The van der Waals surface area contributed by atoms with E-state index in [1.165, 1.54) is 43.2 Å². The number of anilines is 1. The fourth-order valence-electron chi connectivity index (χ4n) is 4.28. The first-order valence-corrected chi connectivity index (χ1v) is 13.3. The van der Waals surface area contributed by atoms with Crippen molar-refractivity contribution in [3.8, 4) is 22.5 Å². The first kappa shape index (κ1) is 25.9. The average Bonchev–Trinajstić information content (AvgIpc) is 3.62. The van der Waals surface area contributed by atoms with Crippen LogP contribution in [0.5, 0.6) is 0 Å². The highest BCUT2D eigenvalue weighted by molar-refractivity contribution is 7.92. The lowest BCUT2D eigenvalue weighted by Gasteiger charge is -2.12. The molecule has 0 bridgehead atoms. The quantitative estimate of drug-likeness (QED) is 0.231. The summed E-state index contributed by atoms with van der Waals surface area (Å²) >= 11 is 0. The van der Waals surface area contributed by atoms with Crippen LogP contribution in [0.25, 0.3) is 33.5 Å². The van der Waals surface area contributed by atoms with Crippen molar-refractivity contribution in [1.82, 2.24) is 30.1 Å². The van der Waals surface area contributed by atoms with E-state index >= 15 is 4.39 Å². The van der Waals surface area contributed by atoms with Gasteiger partial charge >= 0.3 is 0 Å².